The molecule has 6 heteroatoms. The van der Waals surface area contributed by atoms with Crippen LogP contribution in [0, 0.1) is 6.92 Å². The van der Waals surface area contributed by atoms with Gasteiger partial charge in [0.15, 0.2) is 0 Å². The lowest BCUT2D eigenvalue weighted by Crippen LogP contribution is -2.30. The van der Waals surface area contributed by atoms with Crippen LogP contribution in [0.4, 0.5) is 0 Å². The Morgan fingerprint density at radius 3 is 2.63 bits per heavy atom. The minimum absolute atomic E-state index is 0.0404. The molecule has 154 valence electrons. The van der Waals surface area contributed by atoms with E-state index in [4.69, 9.17) is 4.74 Å². The lowest BCUT2D eigenvalue weighted by atomic mass is 10.1. The number of amides is 1. The van der Waals surface area contributed by atoms with Gasteiger partial charge in [0, 0.05) is 6.20 Å². The molecule has 0 radical (unpaired) electrons. The molecule has 0 aliphatic rings. The van der Waals surface area contributed by atoms with Gasteiger partial charge in [-0.05, 0) is 56.2 Å². The molecule has 0 unspecified atom stereocenters. The average molecular weight is 403 g/mol. The topological polar surface area (TPSA) is 72.7 Å². The zero-order valence-electron chi connectivity index (χ0n) is 17.3. The maximum atomic E-state index is 12.7. The molecule has 0 spiro atoms. The van der Waals surface area contributed by atoms with Crippen LogP contribution >= 0.6 is 0 Å². The first kappa shape index (κ1) is 21.0. The van der Waals surface area contributed by atoms with E-state index in [1.54, 1.807) is 12.3 Å². The molecule has 6 nitrogen and oxygen atoms in total. The Kier molecular flexibility index (Phi) is 6.80. The van der Waals surface area contributed by atoms with E-state index in [1.807, 2.05) is 69.3 Å². The summed E-state index contributed by atoms with van der Waals surface area (Å²) in [6.07, 6.45) is 3.25. The summed E-state index contributed by atoms with van der Waals surface area (Å²) in [7, 11) is 0. The highest BCUT2D eigenvalue weighted by atomic mass is 16.5. The second-order valence-electron chi connectivity index (χ2n) is 7.28. The lowest BCUT2D eigenvalue weighted by molar-refractivity contribution is 0.0953. The van der Waals surface area contributed by atoms with E-state index in [9.17, 15) is 9.59 Å². The first-order valence-electron chi connectivity index (χ1n) is 9.77. The molecule has 30 heavy (non-hydrogen) atoms. The molecule has 3 aromatic rings. The average Bonchev–Trinajstić information content (AvgIpc) is 2.71. The van der Waals surface area contributed by atoms with Gasteiger partial charge in [-0.3, -0.25) is 9.59 Å². The number of hydrogen-bond acceptors (Lipinski definition) is 4. The fraction of sp³-hybridized carbons (Fsp3) is 0.208. The van der Waals surface area contributed by atoms with Gasteiger partial charge < -0.3 is 9.30 Å². The number of carbonyl (C=O) groups excluding carboxylic acids is 1. The van der Waals surface area contributed by atoms with Gasteiger partial charge in [0.2, 0.25) is 0 Å². The predicted molar refractivity (Wildman–Crippen MR) is 118 cm³/mol. The Hall–Kier alpha value is -3.67. The van der Waals surface area contributed by atoms with E-state index in [0.717, 1.165) is 22.4 Å². The van der Waals surface area contributed by atoms with Crippen molar-refractivity contribution in [1.82, 2.24) is 9.99 Å². The zero-order valence-corrected chi connectivity index (χ0v) is 17.3. The number of aromatic nitrogens is 1. The number of nitrogens with one attached hydrogen (secondary N) is 1. The molecule has 0 bridgehead atoms. The molecular formula is C24H25N3O3. The number of aryl methyl sites for hydroxylation is 1. The summed E-state index contributed by atoms with van der Waals surface area (Å²) in [4.78, 5) is 25.2. The molecule has 3 rings (SSSR count). The first-order valence-corrected chi connectivity index (χ1v) is 9.77. The van der Waals surface area contributed by atoms with E-state index in [1.165, 1.54) is 16.8 Å². The van der Waals surface area contributed by atoms with Gasteiger partial charge in [-0.2, -0.15) is 5.10 Å². The molecule has 1 aromatic heterocycles. The number of rotatable bonds is 7. The highest BCUT2D eigenvalue weighted by molar-refractivity contribution is 5.94. The molecule has 1 heterocycles. The summed E-state index contributed by atoms with van der Waals surface area (Å²) in [6.45, 7) is 6.31. The summed E-state index contributed by atoms with van der Waals surface area (Å²) in [6, 6.07) is 18.5. The summed E-state index contributed by atoms with van der Waals surface area (Å²) in [5, 5.41) is 3.97. The lowest BCUT2D eigenvalue weighted by Gasteiger charge is -2.09. The molecule has 2 aromatic carbocycles. The predicted octanol–water partition coefficient (Wildman–Crippen LogP) is 3.76. The fourth-order valence-corrected chi connectivity index (χ4v) is 2.89. The van der Waals surface area contributed by atoms with Crippen molar-refractivity contribution in [3.05, 3.63) is 99.5 Å². The number of hydrazone groups is 1. The first-order chi connectivity index (χ1) is 14.4. The molecule has 0 aliphatic carbocycles. The van der Waals surface area contributed by atoms with Crippen LogP contribution in [0.2, 0.25) is 0 Å². The van der Waals surface area contributed by atoms with Crippen LogP contribution in [0.1, 0.15) is 40.9 Å². The Balaban J connectivity index is 1.69. The number of nitrogens with zero attached hydrogens (tertiary/aromatic N) is 2. The van der Waals surface area contributed by atoms with Crippen LogP contribution in [-0.4, -0.2) is 22.8 Å². The van der Waals surface area contributed by atoms with Crippen molar-refractivity contribution in [2.75, 3.05) is 0 Å². The Morgan fingerprint density at radius 1 is 1.13 bits per heavy atom. The van der Waals surface area contributed by atoms with Crippen molar-refractivity contribution in [3.63, 3.8) is 0 Å². The van der Waals surface area contributed by atoms with Crippen LogP contribution < -0.4 is 15.7 Å². The quantitative estimate of drug-likeness (QED) is 0.482. The minimum Gasteiger partial charge on any atom is -0.491 e. The normalized spacial score (nSPS) is 11.1. The van der Waals surface area contributed by atoms with Gasteiger partial charge in [0.1, 0.15) is 11.3 Å². The second kappa shape index (κ2) is 9.69. The number of hydrogen-bond donors (Lipinski definition) is 1. The zero-order chi connectivity index (χ0) is 21.5. The van der Waals surface area contributed by atoms with Gasteiger partial charge in [-0.15, -0.1) is 0 Å². The van der Waals surface area contributed by atoms with Crippen molar-refractivity contribution in [1.29, 1.82) is 0 Å². The summed E-state index contributed by atoms with van der Waals surface area (Å²) < 4.78 is 7.15. The highest BCUT2D eigenvalue weighted by Crippen LogP contribution is 2.13. The van der Waals surface area contributed by atoms with Crippen LogP contribution in [0.5, 0.6) is 5.75 Å². The molecule has 1 amide bonds. The van der Waals surface area contributed by atoms with Gasteiger partial charge in [0.25, 0.3) is 11.5 Å². The van der Waals surface area contributed by atoms with Crippen molar-refractivity contribution < 1.29 is 9.53 Å². The van der Waals surface area contributed by atoms with Crippen molar-refractivity contribution in [2.24, 2.45) is 5.10 Å². The Morgan fingerprint density at radius 2 is 1.90 bits per heavy atom. The molecule has 0 saturated heterocycles. The fourth-order valence-electron chi connectivity index (χ4n) is 2.89. The van der Waals surface area contributed by atoms with Gasteiger partial charge in [0.05, 0.1) is 18.9 Å². The SMILES string of the molecule is Cc1ccc(Cn2cccc(C(=O)N/N=C\c3cccc(OC(C)C)c3)c2=O)cc1. The van der Waals surface area contributed by atoms with E-state index >= 15 is 0 Å². The Bertz CT molecular complexity index is 1100. The number of pyridine rings is 1. The van der Waals surface area contributed by atoms with Crippen molar-refractivity contribution in [2.45, 2.75) is 33.4 Å². The molecule has 0 saturated carbocycles. The van der Waals surface area contributed by atoms with Crippen LogP contribution in [0.3, 0.4) is 0 Å². The Labute approximate surface area is 175 Å². The summed E-state index contributed by atoms with van der Waals surface area (Å²) in [5.74, 6) is 0.173. The van der Waals surface area contributed by atoms with Gasteiger partial charge >= 0.3 is 0 Å². The minimum atomic E-state index is -0.552. The molecule has 1 N–H and O–H groups in total. The van der Waals surface area contributed by atoms with E-state index in [-0.39, 0.29) is 17.2 Å². The number of carbonyl (C=O) groups is 1. The van der Waals surface area contributed by atoms with Gasteiger partial charge in [-0.25, -0.2) is 5.43 Å². The maximum Gasteiger partial charge on any atom is 0.276 e. The highest BCUT2D eigenvalue weighted by Gasteiger charge is 2.11. The van der Waals surface area contributed by atoms with Crippen molar-refractivity contribution >= 4 is 12.1 Å². The smallest absolute Gasteiger partial charge is 0.276 e. The molecular weight excluding hydrogens is 378 g/mol. The number of ether oxygens (including phenoxy) is 1. The molecule has 0 aliphatic heterocycles. The largest absolute Gasteiger partial charge is 0.491 e. The van der Waals surface area contributed by atoms with Crippen LogP contribution in [0.25, 0.3) is 0 Å². The van der Waals surface area contributed by atoms with Gasteiger partial charge in [-0.1, -0.05) is 42.0 Å². The third-order valence-electron chi connectivity index (χ3n) is 4.35. The van der Waals surface area contributed by atoms with E-state index < -0.39 is 5.91 Å². The van der Waals surface area contributed by atoms with Crippen LogP contribution in [-0.2, 0) is 6.54 Å². The van der Waals surface area contributed by atoms with E-state index in [0.29, 0.717) is 6.54 Å². The third-order valence-corrected chi connectivity index (χ3v) is 4.35. The monoisotopic (exact) mass is 403 g/mol. The summed E-state index contributed by atoms with van der Waals surface area (Å²) >= 11 is 0. The molecule has 0 fully saturated rings. The standard InChI is InChI=1S/C24H25N3O3/c1-17(2)30-21-7-4-6-20(14-21)15-25-26-23(28)22-8-5-13-27(24(22)29)16-19-11-9-18(3)10-12-19/h4-15,17H,16H2,1-3H3,(H,26,28)/b25-15-. The third kappa shape index (κ3) is 5.67. The van der Waals surface area contributed by atoms with Crippen molar-refractivity contribution in [3.8, 4) is 5.75 Å². The second-order valence-corrected chi connectivity index (χ2v) is 7.28. The number of benzene rings is 2. The maximum absolute atomic E-state index is 12.7. The molecule has 0 atom stereocenters. The van der Waals surface area contributed by atoms with E-state index in [2.05, 4.69) is 10.5 Å². The summed E-state index contributed by atoms with van der Waals surface area (Å²) in [5.41, 5.74) is 5.02. The van der Waals surface area contributed by atoms with Crippen LogP contribution in [0.15, 0.2) is 76.8 Å².